The summed E-state index contributed by atoms with van der Waals surface area (Å²) in [6, 6.07) is 15.0. The molecule has 6 heteroatoms. The van der Waals surface area contributed by atoms with Gasteiger partial charge in [0.1, 0.15) is 0 Å². The second-order valence-corrected chi connectivity index (χ2v) is 9.52. The molecule has 0 bridgehead atoms. The third-order valence-electron chi connectivity index (χ3n) is 6.02. The van der Waals surface area contributed by atoms with Gasteiger partial charge in [0.15, 0.2) is 0 Å². The van der Waals surface area contributed by atoms with Gasteiger partial charge in [0.05, 0.1) is 4.90 Å². The smallest absolute Gasteiger partial charge is 0.261 e. The first-order valence-corrected chi connectivity index (χ1v) is 11.5. The molecule has 0 aromatic heterocycles. The summed E-state index contributed by atoms with van der Waals surface area (Å²) in [6.45, 7) is 1.63. The number of sulfonamides is 1. The number of carbonyl (C=O) groups is 1. The number of hydrogen-bond donors (Lipinski definition) is 1. The number of amides is 1. The highest BCUT2D eigenvalue weighted by Gasteiger charge is 2.33. The number of carbonyl (C=O) groups excluding carboxylic acids is 1. The summed E-state index contributed by atoms with van der Waals surface area (Å²) in [6.07, 6.45) is 6.19. The number of para-hydroxylation sites is 1. The SMILES string of the molecule is O=C(c1ccc(S(=O)(=O)Nc2ccccc2)cc1)N1CC[C@H]2CCCC[C@H]2C1. The Morgan fingerprint density at radius 3 is 2.29 bits per heavy atom. The van der Waals surface area contributed by atoms with Crippen LogP contribution < -0.4 is 4.72 Å². The summed E-state index contributed by atoms with van der Waals surface area (Å²) in [5.41, 5.74) is 1.06. The number of rotatable bonds is 4. The number of nitrogens with zero attached hydrogens (tertiary/aromatic N) is 1. The lowest BCUT2D eigenvalue weighted by Gasteiger charge is -2.41. The summed E-state index contributed by atoms with van der Waals surface area (Å²) < 4.78 is 27.6. The second-order valence-electron chi connectivity index (χ2n) is 7.84. The highest BCUT2D eigenvalue weighted by Crippen LogP contribution is 2.36. The zero-order valence-electron chi connectivity index (χ0n) is 15.9. The Morgan fingerprint density at radius 1 is 0.893 bits per heavy atom. The molecule has 2 aliphatic rings. The maximum absolute atomic E-state index is 12.9. The lowest BCUT2D eigenvalue weighted by Crippen LogP contribution is -2.44. The molecule has 2 atom stereocenters. The van der Waals surface area contributed by atoms with E-state index in [-0.39, 0.29) is 10.8 Å². The van der Waals surface area contributed by atoms with Crippen LogP contribution in [0.3, 0.4) is 0 Å². The average molecular weight is 399 g/mol. The fourth-order valence-corrected chi connectivity index (χ4v) is 5.52. The van der Waals surface area contributed by atoms with Gasteiger partial charge in [0.25, 0.3) is 15.9 Å². The molecule has 28 heavy (non-hydrogen) atoms. The molecule has 148 valence electrons. The predicted octanol–water partition coefficient (Wildman–Crippen LogP) is 4.14. The largest absolute Gasteiger partial charge is 0.338 e. The monoisotopic (exact) mass is 398 g/mol. The van der Waals surface area contributed by atoms with Gasteiger partial charge in [-0.1, -0.05) is 37.5 Å². The molecule has 1 aliphatic heterocycles. The molecule has 1 saturated heterocycles. The quantitative estimate of drug-likeness (QED) is 0.842. The molecule has 2 aromatic carbocycles. The van der Waals surface area contributed by atoms with Crippen LogP contribution in [0.4, 0.5) is 5.69 Å². The van der Waals surface area contributed by atoms with E-state index in [0.717, 1.165) is 25.4 Å². The number of hydrogen-bond acceptors (Lipinski definition) is 3. The van der Waals surface area contributed by atoms with Gasteiger partial charge in [-0.15, -0.1) is 0 Å². The Balaban J connectivity index is 1.44. The topological polar surface area (TPSA) is 66.5 Å². The minimum Gasteiger partial charge on any atom is -0.338 e. The fourth-order valence-electron chi connectivity index (χ4n) is 4.46. The molecule has 1 saturated carbocycles. The van der Waals surface area contributed by atoms with Crippen molar-refractivity contribution in [2.75, 3.05) is 17.8 Å². The van der Waals surface area contributed by atoms with Crippen molar-refractivity contribution in [2.24, 2.45) is 11.8 Å². The number of piperidine rings is 1. The van der Waals surface area contributed by atoms with Crippen LogP contribution in [0, 0.1) is 11.8 Å². The lowest BCUT2D eigenvalue weighted by atomic mass is 9.75. The van der Waals surface area contributed by atoms with E-state index < -0.39 is 10.0 Å². The van der Waals surface area contributed by atoms with Gasteiger partial charge in [0.2, 0.25) is 0 Å². The normalized spacial score (nSPS) is 22.4. The van der Waals surface area contributed by atoms with Crippen LogP contribution in [0.15, 0.2) is 59.5 Å². The summed E-state index contributed by atoms with van der Waals surface area (Å²) in [5.74, 6) is 1.40. The summed E-state index contributed by atoms with van der Waals surface area (Å²) in [5, 5.41) is 0. The van der Waals surface area contributed by atoms with Crippen LogP contribution in [-0.2, 0) is 10.0 Å². The Bertz CT molecular complexity index is 926. The Labute approximate surface area is 166 Å². The van der Waals surface area contributed by atoms with Crippen molar-refractivity contribution in [3.63, 3.8) is 0 Å². The van der Waals surface area contributed by atoms with E-state index in [2.05, 4.69) is 4.72 Å². The van der Waals surface area contributed by atoms with Gasteiger partial charge < -0.3 is 4.90 Å². The maximum Gasteiger partial charge on any atom is 0.261 e. The first-order chi connectivity index (χ1) is 13.5. The van der Waals surface area contributed by atoms with Crippen molar-refractivity contribution < 1.29 is 13.2 Å². The van der Waals surface area contributed by atoms with Crippen molar-refractivity contribution in [1.29, 1.82) is 0 Å². The van der Waals surface area contributed by atoms with Crippen LogP contribution in [-0.4, -0.2) is 32.3 Å². The molecule has 4 rings (SSSR count). The number of likely N-dealkylation sites (tertiary alicyclic amines) is 1. The Morgan fingerprint density at radius 2 is 1.57 bits per heavy atom. The Hall–Kier alpha value is -2.34. The zero-order valence-corrected chi connectivity index (χ0v) is 16.7. The molecule has 0 radical (unpaired) electrons. The number of fused-ring (bicyclic) bond motifs is 1. The van der Waals surface area contributed by atoms with Crippen LogP contribution in [0.2, 0.25) is 0 Å². The number of benzene rings is 2. The van der Waals surface area contributed by atoms with E-state index in [1.807, 2.05) is 11.0 Å². The van der Waals surface area contributed by atoms with Crippen LogP contribution in [0.1, 0.15) is 42.5 Å². The van der Waals surface area contributed by atoms with Crippen LogP contribution in [0.5, 0.6) is 0 Å². The highest BCUT2D eigenvalue weighted by molar-refractivity contribution is 7.92. The third kappa shape index (κ3) is 4.07. The van der Waals surface area contributed by atoms with Gasteiger partial charge in [-0.2, -0.15) is 0 Å². The average Bonchev–Trinajstić information content (AvgIpc) is 2.73. The van der Waals surface area contributed by atoms with E-state index in [4.69, 9.17) is 0 Å². The first kappa shape index (κ1) is 19.0. The van der Waals surface area contributed by atoms with Gasteiger partial charge in [-0.3, -0.25) is 9.52 Å². The van der Waals surface area contributed by atoms with Crippen LogP contribution >= 0.6 is 0 Å². The molecular weight excluding hydrogens is 372 g/mol. The molecule has 1 aliphatic carbocycles. The number of nitrogens with one attached hydrogen (secondary N) is 1. The maximum atomic E-state index is 12.9. The fraction of sp³-hybridized carbons (Fsp3) is 0.409. The molecule has 1 amide bonds. The van der Waals surface area contributed by atoms with Gasteiger partial charge >= 0.3 is 0 Å². The van der Waals surface area contributed by atoms with Crippen molar-refractivity contribution in [2.45, 2.75) is 37.0 Å². The molecule has 2 aromatic rings. The van der Waals surface area contributed by atoms with Crippen molar-refractivity contribution in [3.05, 3.63) is 60.2 Å². The Kier molecular flexibility index (Phi) is 5.40. The molecule has 5 nitrogen and oxygen atoms in total. The van der Waals surface area contributed by atoms with E-state index in [1.54, 1.807) is 36.4 Å². The first-order valence-electron chi connectivity index (χ1n) is 10.0. The molecular formula is C22H26N2O3S. The highest BCUT2D eigenvalue weighted by atomic mass is 32.2. The molecule has 0 unspecified atom stereocenters. The summed E-state index contributed by atoms with van der Waals surface area (Å²) in [7, 11) is -3.67. The summed E-state index contributed by atoms with van der Waals surface area (Å²) in [4.78, 5) is 15.0. The second kappa shape index (κ2) is 7.95. The lowest BCUT2D eigenvalue weighted by molar-refractivity contribution is 0.0521. The standard InChI is InChI=1S/C22H26N2O3S/c25-22(24-15-14-17-6-4-5-7-19(17)16-24)18-10-12-21(13-11-18)28(26,27)23-20-8-2-1-3-9-20/h1-3,8-13,17,19,23H,4-7,14-16H2/t17-,19+/m1/s1. The van der Waals surface area contributed by atoms with Gasteiger partial charge in [-0.05, 0) is 61.1 Å². The zero-order chi connectivity index (χ0) is 19.6. The molecule has 1 heterocycles. The van der Waals surface area contributed by atoms with E-state index >= 15 is 0 Å². The summed E-state index contributed by atoms with van der Waals surface area (Å²) >= 11 is 0. The van der Waals surface area contributed by atoms with Crippen molar-refractivity contribution in [3.8, 4) is 0 Å². The molecule has 1 N–H and O–H groups in total. The van der Waals surface area contributed by atoms with E-state index in [9.17, 15) is 13.2 Å². The predicted molar refractivity (Wildman–Crippen MR) is 110 cm³/mol. The van der Waals surface area contributed by atoms with Crippen molar-refractivity contribution >= 4 is 21.6 Å². The van der Waals surface area contributed by atoms with Crippen molar-refractivity contribution in [1.82, 2.24) is 4.90 Å². The van der Waals surface area contributed by atoms with Crippen LogP contribution in [0.25, 0.3) is 0 Å². The van der Waals surface area contributed by atoms with E-state index in [0.29, 0.717) is 17.2 Å². The third-order valence-corrected chi connectivity index (χ3v) is 7.41. The number of anilines is 1. The van der Waals surface area contributed by atoms with Gasteiger partial charge in [0, 0.05) is 24.3 Å². The minimum absolute atomic E-state index is 0.00369. The minimum atomic E-state index is -3.67. The van der Waals surface area contributed by atoms with Gasteiger partial charge in [-0.25, -0.2) is 8.42 Å². The van der Waals surface area contributed by atoms with E-state index in [1.165, 1.54) is 37.8 Å². The molecule has 2 fully saturated rings. The molecule has 0 spiro atoms.